The van der Waals surface area contributed by atoms with Gasteiger partial charge in [0.05, 0.1) is 11.6 Å². The van der Waals surface area contributed by atoms with E-state index in [2.05, 4.69) is 0 Å². The molecule has 1 aromatic heterocycles. The maximum absolute atomic E-state index is 6.16. The van der Waals surface area contributed by atoms with Gasteiger partial charge >= 0.3 is 0 Å². The zero-order valence-electron chi connectivity index (χ0n) is 11.8. The standard InChI is InChI=1S/C16H20N2OS/c1-2-19-13-9-7-11(8-10-13)14-15(17)20-16(18-14)12-5-3-4-6-12/h7-10,12H,2-6,17H2,1H3. The molecule has 1 heterocycles. The number of benzene rings is 1. The molecule has 0 bridgehead atoms. The van der Waals surface area contributed by atoms with Gasteiger partial charge in [0.2, 0.25) is 0 Å². The van der Waals surface area contributed by atoms with Crippen molar-refractivity contribution < 1.29 is 4.74 Å². The molecular weight excluding hydrogens is 268 g/mol. The topological polar surface area (TPSA) is 48.1 Å². The fraction of sp³-hybridized carbons (Fsp3) is 0.438. The number of thiazole rings is 1. The van der Waals surface area contributed by atoms with Crippen molar-refractivity contribution in [1.82, 2.24) is 4.98 Å². The van der Waals surface area contributed by atoms with E-state index in [-0.39, 0.29) is 0 Å². The van der Waals surface area contributed by atoms with E-state index in [0.29, 0.717) is 12.5 Å². The van der Waals surface area contributed by atoms with E-state index in [1.54, 1.807) is 11.3 Å². The first-order valence-corrected chi connectivity index (χ1v) is 8.09. The molecule has 20 heavy (non-hydrogen) atoms. The molecule has 1 fully saturated rings. The van der Waals surface area contributed by atoms with Crippen molar-refractivity contribution in [2.75, 3.05) is 12.3 Å². The van der Waals surface area contributed by atoms with Crippen molar-refractivity contribution >= 4 is 16.3 Å². The lowest BCUT2D eigenvalue weighted by Crippen LogP contribution is -1.92. The van der Waals surface area contributed by atoms with Gasteiger partial charge < -0.3 is 10.5 Å². The van der Waals surface area contributed by atoms with Crippen molar-refractivity contribution in [1.29, 1.82) is 0 Å². The normalized spacial score (nSPS) is 15.7. The van der Waals surface area contributed by atoms with Crippen LogP contribution in [0.15, 0.2) is 24.3 Å². The van der Waals surface area contributed by atoms with Crippen LogP contribution in [0.25, 0.3) is 11.3 Å². The monoisotopic (exact) mass is 288 g/mol. The molecule has 1 aliphatic carbocycles. The van der Waals surface area contributed by atoms with Crippen molar-refractivity contribution in [3.63, 3.8) is 0 Å². The van der Waals surface area contributed by atoms with Gasteiger partial charge in [0.1, 0.15) is 16.4 Å². The van der Waals surface area contributed by atoms with Crippen LogP contribution in [0, 0.1) is 0 Å². The summed E-state index contributed by atoms with van der Waals surface area (Å²) in [5.74, 6) is 1.51. The molecular formula is C16H20N2OS. The van der Waals surface area contributed by atoms with Gasteiger partial charge in [-0.2, -0.15) is 0 Å². The molecule has 0 amide bonds. The molecule has 0 atom stereocenters. The maximum atomic E-state index is 6.16. The van der Waals surface area contributed by atoms with Crippen LogP contribution < -0.4 is 10.5 Å². The van der Waals surface area contributed by atoms with Crippen LogP contribution in [0.5, 0.6) is 5.75 Å². The Morgan fingerprint density at radius 2 is 1.95 bits per heavy atom. The van der Waals surface area contributed by atoms with Crippen molar-refractivity contribution in [2.24, 2.45) is 0 Å². The number of nitrogens with two attached hydrogens (primary N) is 1. The summed E-state index contributed by atoms with van der Waals surface area (Å²) in [5.41, 5.74) is 8.17. The molecule has 4 heteroatoms. The van der Waals surface area contributed by atoms with Gasteiger partial charge in [0, 0.05) is 11.5 Å². The third kappa shape index (κ3) is 2.66. The fourth-order valence-corrected chi connectivity index (χ4v) is 3.80. The van der Waals surface area contributed by atoms with Crippen molar-refractivity contribution in [3.05, 3.63) is 29.3 Å². The zero-order chi connectivity index (χ0) is 13.9. The van der Waals surface area contributed by atoms with Crippen LogP contribution in [0.3, 0.4) is 0 Å². The van der Waals surface area contributed by atoms with Crippen LogP contribution >= 0.6 is 11.3 Å². The van der Waals surface area contributed by atoms with Gasteiger partial charge in [-0.3, -0.25) is 0 Å². The van der Waals surface area contributed by atoms with E-state index in [9.17, 15) is 0 Å². The predicted octanol–water partition coefficient (Wildman–Crippen LogP) is 4.45. The van der Waals surface area contributed by atoms with E-state index in [1.165, 1.54) is 30.7 Å². The molecule has 1 aromatic carbocycles. The average Bonchev–Trinajstić information content (AvgIpc) is 3.09. The van der Waals surface area contributed by atoms with Gasteiger partial charge in [-0.05, 0) is 44.0 Å². The smallest absolute Gasteiger partial charge is 0.119 e. The second kappa shape index (κ2) is 5.83. The highest BCUT2D eigenvalue weighted by atomic mass is 32.1. The Hall–Kier alpha value is -1.55. The van der Waals surface area contributed by atoms with Gasteiger partial charge in [0.25, 0.3) is 0 Å². The summed E-state index contributed by atoms with van der Waals surface area (Å²) >= 11 is 1.66. The number of hydrogen-bond acceptors (Lipinski definition) is 4. The summed E-state index contributed by atoms with van der Waals surface area (Å²) in [5, 5.41) is 2.04. The van der Waals surface area contributed by atoms with Gasteiger partial charge in [-0.25, -0.2) is 4.98 Å². The van der Waals surface area contributed by atoms with E-state index in [0.717, 1.165) is 22.0 Å². The van der Waals surface area contributed by atoms with E-state index >= 15 is 0 Å². The highest BCUT2D eigenvalue weighted by Crippen LogP contribution is 2.40. The fourth-order valence-electron chi connectivity index (χ4n) is 2.78. The van der Waals surface area contributed by atoms with E-state index in [4.69, 9.17) is 15.5 Å². The van der Waals surface area contributed by atoms with Crippen LogP contribution in [-0.4, -0.2) is 11.6 Å². The predicted molar refractivity (Wildman–Crippen MR) is 84.3 cm³/mol. The SMILES string of the molecule is CCOc1ccc(-c2nc(C3CCCC3)sc2N)cc1. The molecule has 0 aliphatic heterocycles. The largest absolute Gasteiger partial charge is 0.494 e. The molecule has 0 spiro atoms. The van der Waals surface area contributed by atoms with Crippen LogP contribution in [-0.2, 0) is 0 Å². The lowest BCUT2D eigenvalue weighted by atomic mass is 10.1. The molecule has 3 nitrogen and oxygen atoms in total. The molecule has 0 unspecified atom stereocenters. The quantitative estimate of drug-likeness (QED) is 0.904. The molecule has 1 saturated carbocycles. The van der Waals surface area contributed by atoms with Crippen LogP contribution in [0.1, 0.15) is 43.5 Å². The summed E-state index contributed by atoms with van der Waals surface area (Å²) in [6, 6.07) is 8.03. The third-order valence-corrected chi connectivity index (χ3v) is 4.86. The summed E-state index contributed by atoms with van der Waals surface area (Å²) in [7, 11) is 0. The third-order valence-electron chi connectivity index (χ3n) is 3.81. The van der Waals surface area contributed by atoms with E-state index in [1.807, 2.05) is 31.2 Å². The molecule has 1 aliphatic rings. The van der Waals surface area contributed by atoms with Crippen LogP contribution in [0.4, 0.5) is 5.00 Å². The first kappa shape index (κ1) is 13.4. The first-order chi connectivity index (χ1) is 9.78. The van der Waals surface area contributed by atoms with E-state index < -0.39 is 0 Å². The Morgan fingerprint density at radius 1 is 1.25 bits per heavy atom. The number of anilines is 1. The summed E-state index contributed by atoms with van der Waals surface area (Å²) in [6.45, 7) is 2.67. The van der Waals surface area contributed by atoms with Crippen molar-refractivity contribution in [3.8, 4) is 17.0 Å². The first-order valence-electron chi connectivity index (χ1n) is 7.27. The number of hydrogen-bond donors (Lipinski definition) is 1. The Balaban J connectivity index is 1.85. The average molecular weight is 288 g/mol. The number of nitrogen functional groups attached to an aromatic ring is 1. The Morgan fingerprint density at radius 3 is 2.60 bits per heavy atom. The Bertz CT molecular complexity index is 571. The lowest BCUT2D eigenvalue weighted by Gasteiger charge is -2.04. The molecule has 3 rings (SSSR count). The molecule has 0 saturated heterocycles. The Kier molecular flexibility index (Phi) is 3.92. The van der Waals surface area contributed by atoms with Crippen molar-refractivity contribution in [2.45, 2.75) is 38.5 Å². The van der Waals surface area contributed by atoms with Gasteiger partial charge in [0.15, 0.2) is 0 Å². The number of nitrogens with zero attached hydrogens (tertiary/aromatic N) is 1. The van der Waals surface area contributed by atoms with Gasteiger partial charge in [-0.15, -0.1) is 11.3 Å². The summed E-state index contributed by atoms with van der Waals surface area (Å²) < 4.78 is 5.46. The summed E-state index contributed by atoms with van der Waals surface area (Å²) in [6.07, 6.45) is 5.16. The number of aromatic nitrogens is 1. The molecule has 2 N–H and O–H groups in total. The minimum Gasteiger partial charge on any atom is -0.494 e. The van der Waals surface area contributed by atoms with Gasteiger partial charge in [-0.1, -0.05) is 12.8 Å². The molecule has 2 aromatic rings. The van der Waals surface area contributed by atoms with Crippen LogP contribution in [0.2, 0.25) is 0 Å². The zero-order valence-corrected chi connectivity index (χ0v) is 12.6. The summed E-state index contributed by atoms with van der Waals surface area (Å²) in [4.78, 5) is 4.79. The lowest BCUT2D eigenvalue weighted by molar-refractivity contribution is 0.340. The second-order valence-corrected chi connectivity index (χ2v) is 6.27. The maximum Gasteiger partial charge on any atom is 0.119 e. The molecule has 106 valence electrons. The second-order valence-electron chi connectivity index (χ2n) is 5.20. The molecule has 0 radical (unpaired) electrons. The number of ether oxygens (including phenoxy) is 1. The Labute approximate surface area is 123 Å². The highest BCUT2D eigenvalue weighted by Gasteiger charge is 2.22. The number of rotatable bonds is 4. The minimum absolute atomic E-state index is 0.624. The highest BCUT2D eigenvalue weighted by molar-refractivity contribution is 7.16. The minimum atomic E-state index is 0.624.